The molecule has 1 aromatic heterocycles. The second kappa shape index (κ2) is 3.54. The van der Waals surface area contributed by atoms with Crippen LogP contribution >= 0.6 is 0 Å². The molecule has 0 aliphatic rings. The average Bonchev–Trinajstić information content (AvgIpc) is 2.50. The van der Waals surface area contributed by atoms with Crippen molar-refractivity contribution in [3.8, 4) is 11.1 Å². The van der Waals surface area contributed by atoms with Crippen molar-refractivity contribution < 1.29 is 0 Å². The van der Waals surface area contributed by atoms with Gasteiger partial charge in [-0.3, -0.25) is 5.10 Å². The summed E-state index contributed by atoms with van der Waals surface area (Å²) in [5.74, 6) is 0. The number of aromatic amines is 1. The summed E-state index contributed by atoms with van der Waals surface area (Å²) in [5, 5.41) is 7.06. The van der Waals surface area contributed by atoms with Crippen LogP contribution in [-0.2, 0) is 0 Å². The number of nitrogens with one attached hydrogen (secondary N) is 1. The molecule has 0 saturated heterocycles. The summed E-state index contributed by atoms with van der Waals surface area (Å²) < 4.78 is 0. The summed E-state index contributed by atoms with van der Waals surface area (Å²) in [6.07, 6.45) is 1.90. The van der Waals surface area contributed by atoms with Gasteiger partial charge >= 0.3 is 0 Å². The fourth-order valence-electron chi connectivity index (χ4n) is 2.21. The van der Waals surface area contributed by atoms with Gasteiger partial charge in [-0.05, 0) is 44.4 Å². The van der Waals surface area contributed by atoms with E-state index >= 15 is 0 Å². The molecule has 2 heteroatoms. The topological polar surface area (TPSA) is 28.7 Å². The molecule has 2 nitrogen and oxygen atoms in total. The molecule has 1 N–H and O–H groups in total. The second-order valence-corrected chi connectivity index (χ2v) is 4.18. The van der Waals surface area contributed by atoms with Crippen LogP contribution in [0.2, 0.25) is 0 Å². The number of nitrogens with zero attached hydrogens (tertiary/aromatic N) is 1. The van der Waals surface area contributed by atoms with Gasteiger partial charge in [-0.1, -0.05) is 17.7 Å². The number of rotatable bonds is 1. The van der Waals surface area contributed by atoms with E-state index in [1.165, 1.54) is 27.8 Å². The molecule has 0 unspecified atom stereocenters. The number of aryl methyl sites for hydroxylation is 4. The van der Waals surface area contributed by atoms with Crippen LogP contribution in [0.3, 0.4) is 0 Å². The Morgan fingerprint density at radius 3 is 2.07 bits per heavy atom. The van der Waals surface area contributed by atoms with Gasteiger partial charge in [-0.25, -0.2) is 0 Å². The smallest absolute Gasteiger partial charge is 0.0568 e. The van der Waals surface area contributed by atoms with Gasteiger partial charge in [-0.2, -0.15) is 5.10 Å². The summed E-state index contributed by atoms with van der Waals surface area (Å²) in [4.78, 5) is 0. The minimum Gasteiger partial charge on any atom is -0.282 e. The molecular formula is C13H16N2. The van der Waals surface area contributed by atoms with Crippen molar-refractivity contribution in [3.05, 3.63) is 40.7 Å². The van der Waals surface area contributed by atoms with Crippen molar-refractivity contribution in [1.82, 2.24) is 10.2 Å². The Bertz CT molecular complexity index is 472. The van der Waals surface area contributed by atoms with Crippen molar-refractivity contribution >= 4 is 0 Å². The standard InChI is InChI=1S/C13H16N2/c1-8-5-9(2)13(10(3)6-8)12-7-14-15-11(12)4/h5-7H,1-4H3,(H,14,15). The van der Waals surface area contributed by atoms with Crippen LogP contribution in [-0.4, -0.2) is 10.2 Å². The van der Waals surface area contributed by atoms with E-state index in [2.05, 4.69) is 50.0 Å². The van der Waals surface area contributed by atoms with E-state index in [1.807, 2.05) is 6.20 Å². The lowest BCUT2D eigenvalue weighted by molar-refractivity contribution is 1.05. The van der Waals surface area contributed by atoms with Crippen LogP contribution in [0.5, 0.6) is 0 Å². The normalized spacial score (nSPS) is 10.7. The monoisotopic (exact) mass is 200 g/mol. The zero-order chi connectivity index (χ0) is 11.0. The molecule has 15 heavy (non-hydrogen) atoms. The Morgan fingerprint density at radius 1 is 1.00 bits per heavy atom. The Balaban J connectivity index is 2.68. The van der Waals surface area contributed by atoms with E-state index in [9.17, 15) is 0 Å². The molecule has 1 aromatic carbocycles. The van der Waals surface area contributed by atoms with Gasteiger partial charge < -0.3 is 0 Å². The van der Waals surface area contributed by atoms with Crippen LogP contribution in [0.15, 0.2) is 18.3 Å². The molecule has 0 spiro atoms. The van der Waals surface area contributed by atoms with Crippen LogP contribution in [0.4, 0.5) is 0 Å². The van der Waals surface area contributed by atoms with Gasteiger partial charge in [0, 0.05) is 11.3 Å². The van der Waals surface area contributed by atoms with Gasteiger partial charge in [-0.15, -0.1) is 0 Å². The minimum atomic E-state index is 1.13. The van der Waals surface area contributed by atoms with Gasteiger partial charge in [0.25, 0.3) is 0 Å². The molecule has 2 aromatic rings. The summed E-state index contributed by atoms with van der Waals surface area (Å²) in [6, 6.07) is 4.43. The van der Waals surface area contributed by atoms with Gasteiger partial charge in [0.15, 0.2) is 0 Å². The number of aromatic nitrogens is 2. The van der Waals surface area contributed by atoms with E-state index in [-0.39, 0.29) is 0 Å². The zero-order valence-corrected chi connectivity index (χ0v) is 9.68. The summed E-state index contributed by atoms with van der Waals surface area (Å²) in [5.41, 5.74) is 7.60. The Kier molecular flexibility index (Phi) is 2.35. The lowest BCUT2D eigenvalue weighted by Crippen LogP contribution is -1.90. The number of benzene rings is 1. The molecule has 78 valence electrons. The van der Waals surface area contributed by atoms with Gasteiger partial charge in [0.05, 0.1) is 6.20 Å². The lowest BCUT2D eigenvalue weighted by atomic mass is 9.94. The maximum absolute atomic E-state index is 4.08. The third-order valence-corrected chi connectivity index (χ3v) is 2.78. The maximum Gasteiger partial charge on any atom is 0.0568 e. The predicted octanol–water partition coefficient (Wildman–Crippen LogP) is 3.31. The first-order valence-corrected chi connectivity index (χ1v) is 5.18. The Hall–Kier alpha value is -1.57. The molecule has 0 aliphatic heterocycles. The molecule has 1 heterocycles. The summed E-state index contributed by atoms with van der Waals surface area (Å²) in [7, 11) is 0. The fraction of sp³-hybridized carbons (Fsp3) is 0.308. The van der Waals surface area contributed by atoms with Gasteiger partial charge in [0.1, 0.15) is 0 Å². The molecule has 2 rings (SSSR count). The van der Waals surface area contributed by atoms with Crippen LogP contribution < -0.4 is 0 Å². The van der Waals surface area contributed by atoms with Crippen molar-refractivity contribution in [2.75, 3.05) is 0 Å². The highest BCUT2D eigenvalue weighted by molar-refractivity contribution is 5.72. The van der Waals surface area contributed by atoms with E-state index < -0.39 is 0 Å². The third kappa shape index (κ3) is 1.67. The molecule has 0 fully saturated rings. The van der Waals surface area contributed by atoms with Crippen molar-refractivity contribution in [3.63, 3.8) is 0 Å². The van der Waals surface area contributed by atoms with Gasteiger partial charge in [0.2, 0.25) is 0 Å². The average molecular weight is 200 g/mol. The fourth-order valence-corrected chi connectivity index (χ4v) is 2.21. The maximum atomic E-state index is 4.08. The summed E-state index contributed by atoms with van der Waals surface area (Å²) in [6.45, 7) is 8.50. The van der Waals surface area contributed by atoms with Crippen LogP contribution in [0, 0.1) is 27.7 Å². The third-order valence-electron chi connectivity index (χ3n) is 2.78. The van der Waals surface area contributed by atoms with E-state index in [4.69, 9.17) is 0 Å². The number of hydrogen-bond donors (Lipinski definition) is 1. The highest BCUT2D eigenvalue weighted by Gasteiger charge is 2.09. The van der Waals surface area contributed by atoms with E-state index in [0.717, 1.165) is 5.69 Å². The van der Waals surface area contributed by atoms with Crippen molar-refractivity contribution in [1.29, 1.82) is 0 Å². The summed E-state index contributed by atoms with van der Waals surface area (Å²) >= 11 is 0. The first-order chi connectivity index (χ1) is 7.09. The van der Waals surface area contributed by atoms with Crippen LogP contribution in [0.25, 0.3) is 11.1 Å². The SMILES string of the molecule is Cc1cc(C)c(-c2cn[nH]c2C)c(C)c1. The van der Waals surface area contributed by atoms with Crippen molar-refractivity contribution in [2.24, 2.45) is 0 Å². The molecule has 0 aliphatic carbocycles. The first-order valence-electron chi connectivity index (χ1n) is 5.18. The number of H-pyrrole nitrogens is 1. The van der Waals surface area contributed by atoms with E-state index in [1.54, 1.807) is 0 Å². The van der Waals surface area contributed by atoms with E-state index in [0.29, 0.717) is 0 Å². The highest BCUT2D eigenvalue weighted by Crippen LogP contribution is 2.29. The minimum absolute atomic E-state index is 1.13. The molecular weight excluding hydrogens is 184 g/mol. The molecule has 0 bridgehead atoms. The molecule has 0 atom stereocenters. The first kappa shape index (κ1) is 9.97. The Labute approximate surface area is 90.3 Å². The molecule has 0 amide bonds. The second-order valence-electron chi connectivity index (χ2n) is 4.18. The number of hydrogen-bond acceptors (Lipinski definition) is 1. The predicted molar refractivity (Wildman–Crippen MR) is 63.0 cm³/mol. The Morgan fingerprint density at radius 2 is 1.60 bits per heavy atom. The molecule has 0 radical (unpaired) electrons. The zero-order valence-electron chi connectivity index (χ0n) is 9.68. The lowest BCUT2D eigenvalue weighted by Gasteiger charge is -2.10. The largest absolute Gasteiger partial charge is 0.282 e. The van der Waals surface area contributed by atoms with Crippen LogP contribution in [0.1, 0.15) is 22.4 Å². The highest BCUT2D eigenvalue weighted by atomic mass is 15.1. The molecule has 0 saturated carbocycles. The quantitative estimate of drug-likeness (QED) is 0.751. The van der Waals surface area contributed by atoms with Crippen molar-refractivity contribution in [2.45, 2.75) is 27.7 Å².